The van der Waals surface area contributed by atoms with Gasteiger partial charge in [0, 0.05) is 0 Å². The lowest BCUT2D eigenvalue weighted by atomic mass is 9.86. The Labute approximate surface area is 91.9 Å². The molecular weight excluding hydrogens is 198 g/mol. The largest absolute Gasteiger partial charge is 0.870 e. The maximum atomic E-state index is 9.28. The van der Waals surface area contributed by atoms with E-state index in [4.69, 9.17) is 5.11 Å². The lowest BCUT2D eigenvalue weighted by Gasteiger charge is -2.38. The predicted molar refractivity (Wildman–Crippen MR) is 57.8 cm³/mol. The van der Waals surface area contributed by atoms with Crippen molar-refractivity contribution in [2.24, 2.45) is 5.41 Å². The van der Waals surface area contributed by atoms with E-state index in [1.807, 2.05) is 21.0 Å². The van der Waals surface area contributed by atoms with E-state index in [-0.39, 0.29) is 25.3 Å². The highest BCUT2D eigenvalue weighted by Gasteiger charge is 2.34. The second kappa shape index (κ2) is 7.14. The van der Waals surface area contributed by atoms with Gasteiger partial charge in [-0.05, 0) is 6.42 Å². The minimum absolute atomic E-state index is 0. The maximum absolute atomic E-state index is 9.28. The lowest BCUT2D eigenvalue weighted by molar-refractivity contribution is -0.897. The molecule has 0 aromatic carbocycles. The molecule has 5 nitrogen and oxygen atoms in total. The van der Waals surface area contributed by atoms with Crippen LogP contribution in [0.4, 0.5) is 0 Å². The fourth-order valence-corrected chi connectivity index (χ4v) is 1.74. The number of rotatable bonds is 7. The van der Waals surface area contributed by atoms with Crippen LogP contribution in [0, 0.1) is 5.41 Å². The van der Waals surface area contributed by atoms with E-state index < -0.39 is 5.41 Å². The molecule has 0 saturated heterocycles. The molecule has 0 heterocycles. The quantitative estimate of drug-likeness (QED) is 0.496. The van der Waals surface area contributed by atoms with Crippen LogP contribution in [0.25, 0.3) is 0 Å². The Balaban J connectivity index is 0. The first kappa shape index (κ1) is 17.2. The summed E-state index contributed by atoms with van der Waals surface area (Å²) in [6.07, 6.45) is 0.743. The molecule has 0 aliphatic carbocycles. The summed E-state index contributed by atoms with van der Waals surface area (Å²) in [4.78, 5) is 0. The van der Waals surface area contributed by atoms with E-state index in [0.717, 1.165) is 6.42 Å². The van der Waals surface area contributed by atoms with E-state index in [1.54, 1.807) is 0 Å². The zero-order valence-corrected chi connectivity index (χ0v) is 9.98. The number of aliphatic hydroxyl groups is 3. The summed E-state index contributed by atoms with van der Waals surface area (Å²) in [5.41, 5.74) is -0.418. The van der Waals surface area contributed by atoms with Crippen LogP contribution in [-0.2, 0) is 0 Å². The molecule has 4 N–H and O–H groups in total. The fourth-order valence-electron chi connectivity index (χ4n) is 1.74. The minimum Gasteiger partial charge on any atom is -0.870 e. The third-order valence-corrected chi connectivity index (χ3v) is 2.89. The topological polar surface area (TPSA) is 90.7 Å². The van der Waals surface area contributed by atoms with Gasteiger partial charge in [0.1, 0.15) is 6.54 Å². The van der Waals surface area contributed by atoms with Crippen LogP contribution < -0.4 is 0 Å². The second-order valence-corrected chi connectivity index (χ2v) is 4.71. The Bertz CT molecular complexity index is 149. The van der Waals surface area contributed by atoms with Crippen LogP contribution in [0.2, 0.25) is 0 Å². The molecule has 0 fully saturated rings. The molecule has 0 rings (SSSR count). The summed E-state index contributed by atoms with van der Waals surface area (Å²) >= 11 is 0. The summed E-state index contributed by atoms with van der Waals surface area (Å²) in [5.74, 6) is 0. The van der Waals surface area contributed by atoms with E-state index in [0.29, 0.717) is 17.6 Å². The van der Waals surface area contributed by atoms with Gasteiger partial charge in [0.05, 0.1) is 45.9 Å². The molecule has 0 bridgehead atoms. The van der Waals surface area contributed by atoms with Crippen LogP contribution in [0.15, 0.2) is 0 Å². The van der Waals surface area contributed by atoms with E-state index in [2.05, 4.69) is 0 Å². The van der Waals surface area contributed by atoms with Crippen molar-refractivity contribution < 1.29 is 25.3 Å². The Morgan fingerprint density at radius 3 is 1.80 bits per heavy atom. The first-order chi connectivity index (χ1) is 6.45. The molecular formula is C10H25NO4. The summed E-state index contributed by atoms with van der Waals surface area (Å²) < 4.78 is 0.617. The number of likely N-dealkylation sites (N-methyl/N-ethyl adjacent to an activating group) is 1. The molecule has 0 radical (unpaired) electrons. The third kappa shape index (κ3) is 5.44. The van der Waals surface area contributed by atoms with Crippen molar-refractivity contribution in [3.05, 3.63) is 0 Å². The highest BCUT2D eigenvalue weighted by molar-refractivity contribution is 4.75. The Morgan fingerprint density at radius 2 is 1.53 bits per heavy atom. The molecule has 0 aromatic rings. The number of hydrogen-bond donors (Lipinski definition) is 3. The number of nitrogens with zero attached hydrogens (tertiary/aromatic N) is 1. The van der Waals surface area contributed by atoms with Crippen LogP contribution in [0.3, 0.4) is 0 Å². The van der Waals surface area contributed by atoms with Gasteiger partial charge in [-0.15, -0.1) is 0 Å². The van der Waals surface area contributed by atoms with Gasteiger partial charge >= 0.3 is 0 Å². The number of hydrogen-bond acceptors (Lipinski definition) is 4. The van der Waals surface area contributed by atoms with Crippen LogP contribution >= 0.6 is 0 Å². The Morgan fingerprint density at radius 1 is 1.07 bits per heavy atom. The molecule has 5 heteroatoms. The van der Waals surface area contributed by atoms with E-state index in [1.165, 1.54) is 0 Å². The standard InChI is InChI=1S/C10H24NO3.H2O/c1-4-10(8-13,9-14)7-11(2,3)5-6-12;/h12-14H,4-9H2,1-3H3;1H2/q+1;/p-1. The van der Waals surface area contributed by atoms with Gasteiger partial charge in [-0.3, -0.25) is 0 Å². The zero-order chi connectivity index (χ0) is 11.2. The van der Waals surface area contributed by atoms with Gasteiger partial charge in [-0.25, -0.2) is 0 Å². The van der Waals surface area contributed by atoms with Crippen LogP contribution in [0.5, 0.6) is 0 Å². The van der Waals surface area contributed by atoms with Crippen molar-refractivity contribution in [2.45, 2.75) is 13.3 Å². The van der Waals surface area contributed by atoms with E-state index in [9.17, 15) is 10.2 Å². The molecule has 0 unspecified atom stereocenters. The molecule has 0 saturated carbocycles. The van der Waals surface area contributed by atoms with Gasteiger partial charge in [0.15, 0.2) is 0 Å². The van der Waals surface area contributed by atoms with Gasteiger partial charge in [0.2, 0.25) is 0 Å². The highest BCUT2D eigenvalue weighted by atomic mass is 16.3. The van der Waals surface area contributed by atoms with Gasteiger partial charge < -0.3 is 25.3 Å². The smallest absolute Gasteiger partial charge is 0.102 e. The monoisotopic (exact) mass is 223 g/mol. The van der Waals surface area contributed by atoms with Gasteiger partial charge in [-0.2, -0.15) is 0 Å². The minimum atomic E-state index is -0.418. The van der Waals surface area contributed by atoms with Crippen molar-refractivity contribution in [3.63, 3.8) is 0 Å². The Kier molecular flexibility index (Phi) is 8.18. The van der Waals surface area contributed by atoms with Crippen molar-refractivity contribution in [3.8, 4) is 0 Å². The second-order valence-electron chi connectivity index (χ2n) is 4.71. The average molecular weight is 223 g/mol. The molecule has 0 atom stereocenters. The Hall–Kier alpha value is -0.200. The molecule has 94 valence electrons. The fraction of sp³-hybridized carbons (Fsp3) is 1.00. The summed E-state index contributed by atoms with van der Waals surface area (Å²) in [7, 11) is 3.98. The number of aliphatic hydroxyl groups excluding tert-OH is 3. The van der Waals surface area contributed by atoms with Gasteiger partial charge in [-0.1, -0.05) is 6.92 Å². The average Bonchev–Trinajstić information content (AvgIpc) is 2.14. The lowest BCUT2D eigenvalue weighted by Crippen LogP contribution is -2.52. The molecule has 0 amide bonds. The first-order valence-corrected chi connectivity index (χ1v) is 5.10. The number of quaternary nitrogens is 1. The molecule has 0 spiro atoms. The maximum Gasteiger partial charge on any atom is 0.102 e. The van der Waals surface area contributed by atoms with Crippen molar-refractivity contribution in [2.75, 3.05) is 47.0 Å². The zero-order valence-electron chi connectivity index (χ0n) is 9.98. The van der Waals surface area contributed by atoms with Crippen LogP contribution in [0.1, 0.15) is 13.3 Å². The molecule has 0 aliphatic rings. The van der Waals surface area contributed by atoms with Crippen molar-refractivity contribution >= 4 is 0 Å². The summed E-state index contributed by atoms with van der Waals surface area (Å²) in [6, 6.07) is 0. The normalized spacial score (nSPS) is 12.4. The molecule has 0 aromatic heterocycles. The SMILES string of the molecule is CCC(CO)(CO)C[N+](C)(C)CCO.[OH-]. The van der Waals surface area contributed by atoms with Crippen molar-refractivity contribution in [1.82, 2.24) is 0 Å². The predicted octanol–water partition coefficient (Wildman–Crippen LogP) is -0.741. The third-order valence-electron chi connectivity index (χ3n) is 2.89. The van der Waals surface area contributed by atoms with Crippen LogP contribution in [-0.4, -0.2) is 72.3 Å². The van der Waals surface area contributed by atoms with Gasteiger partial charge in [0.25, 0.3) is 0 Å². The van der Waals surface area contributed by atoms with E-state index >= 15 is 0 Å². The van der Waals surface area contributed by atoms with Crippen molar-refractivity contribution in [1.29, 1.82) is 0 Å². The molecule has 15 heavy (non-hydrogen) atoms. The summed E-state index contributed by atoms with van der Waals surface area (Å²) in [5, 5.41) is 27.4. The summed E-state index contributed by atoms with van der Waals surface area (Å²) in [6.45, 7) is 3.40. The highest BCUT2D eigenvalue weighted by Crippen LogP contribution is 2.23. The molecule has 0 aliphatic heterocycles. The first-order valence-electron chi connectivity index (χ1n) is 5.10.